The summed E-state index contributed by atoms with van der Waals surface area (Å²) in [4.78, 5) is 0. The Morgan fingerprint density at radius 3 is 2.31 bits per heavy atom. The van der Waals surface area contributed by atoms with Gasteiger partial charge in [-0.05, 0) is 44.2 Å². The van der Waals surface area contributed by atoms with Crippen molar-refractivity contribution in [1.29, 1.82) is 0 Å². The average Bonchev–Trinajstić information content (AvgIpc) is 2.24. The van der Waals surface area contributed by atoms with Crippen molar-refractivity contribution in [2.24, 2.45) is 5.73 Å². The maximum Gasteiger partial charge on any atom is 0.108 e. The summed E-state index contributed by atoms with van der Waals surface area (Å²) < 4.78 is 14.8. The Labute approximate surface area is 104 Å². The van der Waals surface area contributed by atoms with Gasteiger partial charge in [0.25, 0.3) is 0 Å². The van der Waals surface area contributed by atoms with Crippen molar-refractivity contribution in [3.05, 3.63) is 34.3 Å². The van der Waals surface area contributed by atoms with Crippen molar-refractivity contribution in [1.82, 2.24) is 0 Å². The fourth-order valence-electron chi connectivity index (χ4n) is 2.35. The molecule has 0 amide bonds. The molecule has 0 spiro atoms. The highest BCUT2D eigenvalue weighted by molar-refractivity contribution is 9.10. The lowest BCUT2D eigenvalue weighted by atomic mass is 9.73. The number of hydrogen-bond donors (Lipinski definition) is 1. The van der Waals surface area contributed by atoms with Crippen LogP contribution >= 0.6 is 15.9 Å². The molecule has 1 aliphatic carbocycles. The lowest BCUT2D eigenvalue weighted by Crippen LogP contribution is -2.44. The van der Waals surface area contributed by atoms with Gasteiger partial charge in [-0.15, -0.1) is 0 Å². The smallest absolute Gasteiger partial charge is 0.108 e. The molecule has 0 saturated heterocycles. The molecule has 2 N–H and O–H groups in total. The molecular weight excluding hydrogens is 269 g/mol. The van der Waals surface area contributed by atoms with Gasteiger partial charge in [-0.1, -0.05) is 34.1 Å². The van der Waals surface area contributed by atoms with Crippen LogP contribution in [0.15, 0.2) is 28.7 Å². The van der Waals surface area contributed by atoms with E-state index in [1.165, 1.54) is 0 Å². The molecule has 1 fully saturated rings. The zero-order valence-electron chi connectivity index (χ0n) is 9.47. The normalized spacial score (nSPS) is 35.0. The maximum absolute atomic E-state index is 13.8. The molecule has 88 valence electrons. The highest BCUT2D eigenvalue weighted by Crippen LogP contribution is 2.43. The summed E-state index contributed by atoms with van der Waals surface area (Å²) >= 11 is 3.52. The minimum Gasteiger partial charge on any atom is -0.321 e. The summed E-state index contributed by atoms with van der Waals surface area (Å²) in [5.41, 5.74) is 6.10. The Hall–Kier alpha value is -0.410. The number of alkyl halides is 1. The Kier molecular flexibility index (Phi) is 3.10. The van der Waals surface area contributed by atoms with Gasteiger partial charge in [0.15, 0.2) is 0 Å². The van der Waals surface area contributed by atoms with Crippen LogP contribution < -0.4 is 5.73 Å². The Balaban J connectivity index is 2.25. The predicted octanol–water partition coefficient (Wildman–Crippen LogP) is 3.91. The van der Waals surface area contributed by atoms with Crippen LogP contribution in [0, 0.1) is 0 Å². The van der Waals surface area contributed by atoms with E-state index >= 15 is 0 Å². The highest BCUT2D eigenvalue weighted by Gasteiger charge is 2.39. The van der Waals surface area contributed by atoms with Gasteiger partial charge in [-0.25, -0.2) is 4.39 Å². The van der Waals surface area contributed by atoms with E-state index in [1.54, 1.807) is 6.92 Å². The minimum absolute atomic E-state index is 0.369. The molecule has 2 rings (SSSR count). The first-order valence-electron chi connectivity index (χ1n) is 5.66. The summed E-state index contributed by atoms with van der Waals surface area (Å²) in [6.07, 6.45) is 2.51. The largest absolute Gasteiger partial charge is 0.321 e. The summed E-state index contributed by atoms with van der Waals surface area (Å²) in [6.45, 7) is 1.67. The van der Waals surface area contributed by atoms with Crippen LogP contribution in [0.25, 0.3) is 0 Å². The molecule has 1 aromatic rings. The second-order valence-corrected chi connectivity index (χ2v) is 5.90. The SMILES string of the molecule is CC1(F)CCC(N)(c2ccccc2Br)CC1. The van der Waals surface area contributed by atoms with Crippen molar-refractivity contribution in [3.8, 4) is 0 Å². The van der Waals surface area contributed by atoms with E-state index in [2.05, 4.69) is 15.9 Å². The molecule has 1 nitrogen and oxygen atoms in total. The quantitative estimate of drug-likeness (QED) is 0.832. The van der Waals surface area contributed by atoms with E-state index < -0.39 is 5.67 Å². The van der Waals surface area contributed by atoms with Gasteiger partial charge in [0.05, 0.1) is 0 Å². The molecule has 0 radical (unpaired) electrons. The number of hydrogen-bond acceptors (Lipinski definition) is 1. The zero-order valence-corrected chi connectivity index (χ0v) is 11.1. The number of halogens is 2. The molecule has 16 heavy (non-hydrogen) atoms. The van der Waals surface area contributed by atoms with E-state index in [0.717, 1.165) is 10.0 Å². The standard InChI is InChI=1S/C13H17BrFN/c1-12(15)6-8-13(16,9-7-12)10-4-2-3-5-11(10)14/h2-5H,6-9,16H2,1H3. The second-order valence-electron chi connectivity index (χ2n) is 5.05. The van der Waals surface area contributed by atoms with Crippen LogP contribution in [-0.2, 0) is 5.54 Å². The molecule has 0 aromatic heterocycles. The second kappa shape index (κ2) is 4.11. The number of benzene rings is 1. The first kappa shape index (κ1) is 12.1. The molecule has 0 heterocycles. The Morgan fingerprint density at radius 2 is 1.75 bits per heavy atom. The van der Waals surface area contributed by atoms with Gasteiger partial charge < -0.3 is 5.73 Å². The van der Waals surface area contributed by atoms with Crippen molar-refractivity contribution < 1.29 is 4.39 Å². The van der Waals surface area contributed by atoms with E-state index in [9.17, 15) is 4.39 Å². The summed E-state index contributed by atoms with van der Waals surface area (Å²) in [5, 5.41) is 0. The van der Waals surface area contributed by atoms with Crippen molar-refractivity contribution in [2.45, 2.75) is 43.8 Å². The van der Waals surface area contributed by atoms with Crippen LogP contribution in [0.3, 0.4) is 0 Å². The summed E-state index contributed by atoms with van der Waals surface area (Å²) in [5.74, 6) is 0. The molecule has 3 heteroatoms. The van der Waals surface area contributed by atoms with E-state index in [0.29, 0.717) is 25.7 Å². The van der Waals surface area contributed by atoms with Gasteiger partial charge in [0.1, 0.15) is 5.67 Å². The number of rotatable bonds is 1. The molecule has 1 aliphatic rings. The van der Waals surface area contributed by atoms with Gasteiger partial charge >= 0.3 is 0 Å². The van der Waals surface area contributed by atoms with Crippen LogP contribution in [0.1, 0.15) is 38.2 Å². The lowest BCUT2D eigenvalue weighted by Gasteiger charge is -2.39. The summed E-state index contributed by atoms with van der Waals surface area (Å²) in [6, 6.07) is 7.98. The van der Waals surface area contributed by atoms with Crippen molar-refractivity contribution in [3.63, 3.8) is 0 Å². The van der Waals surface area contributed by atoms with Gasteiger partial charge in [-0.2, -0.15) is 0 Å². The third kappa shape index (κ3) is 2.30. The number of nitrogens with two attached hydrogens (primary N) is 1. The average molecular weight is 286 g/mol. The molecule has 0 atom stereocenters. The monoisotopic (exact) mass is 285 g/mol. The minimum atomic E-state index is -1.04. The molecular formula is C13H17BrFN. The van der Waals surface area contributed by atoms with E-state index in [4.69, 9.17) is 5.73 Å². The zero-order chi connectivity index (χ0) is 11.8. The van der Waals surface area contributed by atoms with Crippen molar-refractivity contribution in [2.75, 3.05) is 0 Å². The highest BCUT2D eigenvalue weighted by atomic mass is 79.9. The first-order chi connectivity index (χ1) is 7.43. The lowest BCUT2D eigenvalue weighted by molar-refractivity contribution is 0.0895. The van der Waals surface area contributed by atoms with Gasteiger partial charge in [-0.3, -0.25) is 0 Å². The van der Waals surface area contributed by atoms with Crippen LogP contribution in [0.2, 0.25) is 0 Å². The molecule has 0 unspecified atom stereocenters. The first-order valence-corrected chi connectivity index (χ1v) is 6.45. The Bertz CT molecular complexity index is 379. The van der Waals surface area contributed by atoms with E-state index in [1.807, 2.05) is 24.3 Å². The fraction of sp³-hybridized carbons (Fsp3) is 0.538. The molecule has 0 bridgehead atoms. The van der Waals surface area contributed by atoms with Gasteiger partial charge in [0, 0.05) is 10.0 Å². The molecule has 1 saturated carbocycles. The van der Waals surface area contributed by atoms with E-state index in [-0.39, 0.29) is 5.54 Å². The summed E-state index contributed by atoms with van der Waals surface area (Å²) in [7, 11) is 0. The Morgan fingerprint density at radius 1 is 1.19 bits per heavy atom. The molecule has 1 aromatic carbocycles. The van der Waals surface area contributed by atoms with Crippen molar-refractivity contribution >= 4 is 15.9 Å². The topological polar surface area (TPSA) is 26.0 Å². The maximum atomic E-state index is 13.8. The third-order valence-electron chi connectivity index (χ3n) is 3.60. The predicted molar refractivity (Wildman–Crippen MR) is 68.0 cm³/mol. The molecule has 0 aliphatic heterocycles. The third-order valence-corrected chi connectivity index (χ3v) is 4.29. The van der Waals surface area contributed by atoms with Gasteiger partial charge in [0.2, 0.25) is 0 Å². The fourth-order valence-corrected chi connectivity index (χ4v) is 3.03. The van der Waals surface area contributed by atoms with Crippen LogP contribution in [0.5, 0.6) is 0 Å². The van der Waals surface area contributed by atoms with Crippen LogP contribution in [0.4, 0.5) is 4.39 Å². The van der Waals surface area contributed by atoms with Crippen LogP contribution in [-0.4, -0.2) is 5.67 Å².